The summed E-state index contributed by atoms with van der Waals surface area (Å²) in [6.45, 7) is -0.242. The van der Waals surface area contributed by atoms with Gasteiger partial charge >= 0.3 is 30.8 Å². The molecule has 0 N–H and O–H groups in total. The van der Waals surface area contributed by atoms with Crippen molar-refractivity contribution in [3.63, 3.8) is 0 Å². The molecule has 0 unspecified atom stereocenters. The fourth-order valence-corrected chi connectivity index (χ4v) is 2.09. The molecule has 1 aromatic rings. The lowest BCUT2D eigenvalue weighted by molar-refractivity contribution is -0.671. The standard InChI is InChI=1S/C10H19N2.C4BO8/c1-3-4-5-6-7-12-9-8-11(2)10-12;6-1-2(7)11-5(10-1)12-3(8)4(9)13-5/h8-10H,3-7H2,1-2H3;/q+1;-1/i8D,9D;. The summed E-state index contributed by atoms with van der Waals surface area (Å²) < 4.78 is 35.2. The van der Waals surface area contributed by atoms with Crippen LogP contribution in [0, 0.1) is 0 Å². The van der Waals surface area contributed by atoms with Crippen LogP contribution in [0.4, 0.5) is 0 Å². The van der Waals surface area contributed by atoms with Crippen LogP contribution in [-0.4, -0.2) is 35.4 Å². The van der Waals surface area contributed by atoms with E-state index < -0.39 is 30.8 Å². The average molecular weight is 356 g/mol. The van der Waals surface area contributed by atoms with Crippen LogP contribution in [0.5, 0.6) is 0 Å². The van der Waals surface area contributed by atoms with E-state index in [0.29, 0.717) is 12.3 Å². The third kappa shape index (κ3) is 4.81. The molecule has 1 aromatic heterocycles. The van der Waals surface area contributed by atoms with Gasteiger partial charge in [0.1, 0.15) is 15.1 Å². The number of rotatable bonds is 5. The van der Waals surface area contributed by atoms with Crippen molar-refractivity contribution < 1.29 is 45.1 Å². The Bertz CT molecular complexity index is 712. The van der Waals surface area contributed by atoms with Crippen molar-refractivity contribution in [1.29, 1.82) is 0 Å². The average Bonchev–Trinajstić information content (AvgIpc) is 3.13. The lowest BCUT2D eigenvalue weighted by Gasteiger charge is -2.21. The minimum atomic E-state index is -3.30. The maximum Gasteiger partial charge on any atom is 0.786 e. The number of carbonyl (C=O) groups is 4. The summed E-state index contributed by atoms with van der Waals surface area (Å²) in [5.41, 5.74) is 0. The maximum absolute atomic E-state index is 10.5. The molecule has 0 saturated carbocycles. The highest BCUT2D eigenvalue weighted by molar-refractivity contribution is 6.73. The van der Waals surface area contributed by atoms with Crippen molar-refractivity contribution >= 4 is 30.8 Å². The fraction of sp³-hybridized carbons (Fsp3) is 0.500. The van der Waals surface area contributed by atoms with Crippen LogP contribution < -0.4 is 4.57 Å². The molecule has 10 nitrogen and oxygen atoms in total. The molecule has 2 aliphatic heterocycles. The van der Waals surface area contributed by atoms with Gasteiger partial charge in [0.15, 0.2) is 0 Å². The molecular weight excluding hydrogens is 335 g/mol. The zero-order valence-electron chi connectivity index (χ0n) is 15.9. The summed E-state index contributed by atoms with van der Waals surface area (Å²) in [5, 5.41) is 0. The molecule has 136 valence electrons. The quantitative estimate of drug-likeness (QED) is 0.301. The molecule has 0 radical (unpaired) electrons. The monoisotopic (exact) mass is 356 g/mol. The van der Waals surface area contributed by atoms with E-state index in [-0.39, 0.29) is 0 Å². The van der Waals surface area contributed by atoms with Gasteiger partial charge in [-0.05, 0) is 12.8 Å². The van der Waals surface area contributed by atoms with Gasteiger partial charge in [-0.1, -0.05) is 19.8 Å². The Morgan fingerprint density at radius 1 is 1.00 bits per heavy atom. The Balaban J connectivity index is 0.000000194. The van der Waals surface area contributed by atoms with Gasteiger partial charge in [0.25, 0.3) is 0 Å². The molecular formula is C14H19BN2O8. The van der Waals surface area contributed by atoms with Gasteiger partial charge in [-0.15, -0.1) is 0 Å². The second-order valence-corrected chi connectivity index (χ2v) is 5.40. The van der Waals surface area contributed by atoms with Gasteiger partial charge in [0.05, 0.1) is 13.6 Å². The van der Waals surface area contributed by atoms with E-state index in [1.165, 1.54) is 19.3 Å². The van der Waals surface area contributed by atoms with Crippen molar-refractivity contribution in [3.05, 3.63) is 18.7 Å². The van der Waals surface area contributed by atoms with Gasteiger partial charge in [-0.25, -0.2) is 28.3 Å². The van der Waals surface area contributed by atoms with Crippen molar-refractivity contribution in [3.8, 4) is 0 Å². The van der Waals surface area contributed by atoms with E-state index in [0.717, 1.165) is 13.0 Å². The minimum absolute atomic E-state index is 0.292. The van der Waals surface area contributed by atoms with Crippen LogP contribution in [0.25, 0.3) is 0 Å². The van der Waals surface area contributed by atoms with E-state index in [2.05, 4.69) is 25.5 Å². The van der Waals surface area contributed by atoms with Gasteiger partial charge in [0.2, 0.25) is 6.33 Å². The number of nitrogens with zero attached hydrogens (tertiary/aromatic N) is 2. The molecule has 0 aromatic carbocycles. The van der Waals surface area contributed by atoms with Gasteiger partial charge in [0, 0.05) is 0 Å². The fourth-order valence-electron chi connectivity index (χ4n) is 2.09. The first kappa shape index (κ1) is 15.7. The summed E-state index contributed by atoms with van der Waals surface area (Å²) in [5.74, 6) is -5.49. The molecule has 3 rings (SSSR count). The third-order valence-corrected chi connectivity index (χ3v) is 3.27. The summed E-state index contributed by atoms with van der Waals surface area (Å²) >= 11 is 0. The molecule has 1 spiro atoms. The normalized spacial score (nSPS) is 18.6. The molecule has 11 heteroatoms. The molecule has 2 fully saturated rings. The van der Waals surface area contributed by atoms with Crippen molar-refractivity contribution in [2.24, 2.45) is 7.05 Å². The van der Waals surface area contributed by atoms with Gasteiger partial charge in [-0.3, -0.25) is 0 Å². The molecule has 0 atom stereocenters. The molecule has 0 amide bonds. The Kier molecular flexibility index (Phi) is 4.90. The number of aromatic nitrogens is 2. The minimum Gasteiger partial charge on any atom is -0.576 e. The van der Waals surface area contributed by atoms with Crippen LogP contribution in [0.2, 0.25) is 0 Å². The molecule has 2 aliphatic rings. The van der Waals surface area contributed by atoms with Crippen molar-refractivity contribution in [2.75, 3.05) is 0 Å². The Morgan fingerprint density at radius 3 is 1.92 bits per heavy atom. The van der Waals surface area contributed by atoms with E-state index >= 15 is 0 Å². The molecule has 25 heavy (non-hydrogen) atoms. The van der Waals surface area contributed by atoms with Crippen molar-refractivity contribution in [1.82, 2.24) is 4.57 Å². The first-order valence-corrected chi connectivity index (χ1v) is 7.76. The highest BCUT2D eigenvalue weighted by Crippen LogP contribution is 2.24. The first-order valence-electron chi connectivity index (χ1n) is 8.76. The van der Waals surface area contributed by atoms with Crippen LogP contribution in [-0.2, 0) is 51.4 Å². The van der Waals surface area contributed by atoms with Gasteiger partial charge < -0.3 is 18.6 Å². The summed E-state index contributed by atoms with van der Waals surface area (Å²) in [4.78, 5) is 41.9. The predicted molar refractivity (Wildman–Crippen MR) is 79.9 cm³/mol. The number of aryl methyl sites for hydroxylation is 2. The highest BCUT2D eigenvalue weighted by Gasteiger charge is 2.60. The number of hydrogen-bond donors (Lipinski definition) is 0. The summed E-state index contributed by atoms with van der Waals surface area (Å²) in [7, 11) is 1.81. The lowest BCUT2D eigenvalue weighted by Crippen LogP contribution is -2.40. The molecule has 0 aliphatic carbocycles. The number of hydrogen-bond acceptors (Lipinski definition) is 8. The largest absolute Gasteiger partial charge is 0.786 e. The van der Waals surface area contributed by atoms with E-state index in [9.17, 15) is 19.2 Å². The lowest BCUT2D eigenvalue weighted by atomic mass is 10.1. The number of unbranched alkanes of at least 4 members (excludes halogenated alkanes) is 3. The van der Waals surface area contributed by atoms with Crippen LogP contribution >= 0.6 is 0 Å². The smallest absolute Gasteiger partial charge is 0.576 e. The Labute approximate surface area is 146 Å². The van der Waals surface area contributed by atoms with E-state index in [4.69, 9.17) is 2.74 Å². The topological polar surface area (TPSA) is 114 Å². The zero-order chi connectivity index (χ0) is 20.2. The second kappa shape index (κ2) is 7.82. The maximum atomic E-state index is 10.5. The van der Waals surface area contributed by atoms with Crippen LogP contribution in [0.3, 0.4) is 0 Å². The number of imidazole rings is 1. The summed E-state index contributed by atoms with van der Waals surface area (Å²) in [6.07, 6.45) is 7.26. The van der Waals surface area contributed by atoms with Gasteiger partial charge in [-0.2, -0.15) is 0 Å². The Hall–Kier alpha value is -2.85. The van der Waals surface area contributed by atoms with E-state index in [1.54, 1.807) is 4.57 Å². The number of carbonyl (C=O) groups excluding carboxylic acids is 4. The zero-order valence-corrected chi connectivity index (χ0v) is 13.9. The molecule has 0 bridgehead atoms. The second-order valence-electron chi connectivity index (χ2n) is 5.40. The van der Waals surface area contributed by atoms with Crippen LogP contribution in [0.1, 0.15) is 35.3 Å². The molecule has 2 saturated heterocycles. The third-order valence-electron chi connectivity index (χ3n) is 3.27. The predicted octanol–water partition coefficient (Wildman–Crippen LogP) is -0.485. The SMILES string of the molecule is O=C1O[B-]2(OC1=O)OC(=O)C(=O)O2.[2H]c1c([2H])[n+](C)cn1CCCCCC. The van der Waals surface area contributed by atoms with Crippen LogP contribution in [0.15, 0.2) is 18.7 Å². The molecule has 3 heterocycles. The van der Waals surface area contributed by atoms with Crippen molar-refractivity contribution in [2.45, 2.75) is 39.2 Å². The van der Waals surface area contributed by atoms with E-state index in [1.807, 2.05) is 17.9 Å². The first-order chi connectivity index (χ1) is 12.7. The Morgan fingerprint density at radius 2 is 1.52 bits per heavy atom. The highest BCUT2D eigenvalue weighted by atomic mass is 17.0. The summed E-state index contributed by atoms with van der Waals surface area (Å²) in [6, 6.07) is 0.